The number of carbonyl (C=O) groups is 1. The largest absolute Gasteiger partial charge is 0.379 e. The molecule has 32 heavy (non-hydrogen) atoms. The number of morpholine rings is 1. The molecule has 8 nitrogen and oxygen atoms in total. The third-order valence-corrected chi connectivity index (χ3v) is 6.66. The number of para-hydroxylation sites is 1. The lowest BCUT2D eigenvalue weighted by atomic mass is 10.1. The van der Waals surface area contributed by atoms with E-state index in [9.17, 15) is 14.9 Å². The van der Waals surface area contributed by atoms with E-state index in [1.54, 1.807) is 17.0 Å². The summed E-state index contributed by atoms with van der Waals surface area (Å²) in [4.78, 5) is 33.0. The molecule has 2 aromatic carbocycles. The number of nitro benzene ring substituents is 1. The number of hydrogen-bond donors (Lipinski definition) is 0. The summed E-state index contributed by atoms with van der Waals surface area (Å²) in [5.74, 6) is -0.271. The first-order chi connectivity index (χ1) is 15.6. The van der Waals surface area contributed by atoms with Crippen LogP contribution in [0.15, 0.2) is 42.5 Å². The van der Waals surface area contributed by atoms with Crippen LogP contribution in [-0.4, -0.2) is 60.1 Å². The van der Waals surface area contributed by atoms with Crippen molar-refractivity contribution in [2.75, 3.05) is 44.3 Å². The summed E-state index contributed by atoms with van der Waals surface area (Å²) in [5, 5.41) is 11.8. The molecular formula is C23H26N4O4S. The summed E-state index contributed by atoms with van der Waals surface area (Å²) in [6.45, 7) is 6.66. The first-order valence-corrected chi connectivity index (χ1v) is 11.6. The lowest BCUT2D eigenvalue weighted by molar-refractivity contribution is -0.384. The number of nitrogens with zero attached hydrogens (tertiary/aromatic N) is 4. The van der Waals surface area contributed by atoms with Crippen LogP contribution in [0.4, 0.5) is 10.8 Å². The molecule has 1 aromatic heterocycles. The smallest absolute Gasteiger partial charge is 0.270 e. The first kappa shape index (κ1) is 22.3. The summed E-state index contributed by atoms with van der Waals surface area (Å²) in [6.07, 6.45) is 1.63. The predicted molar refractivity (Wildman–Crippen MR) is 126 cm³/mol. The maximum atomic E-state index is 13.5. The van der Waals surface area contributed by atoms with Crippen LogP contribution in [0.1, 0.15) is 29.3 Å². The van der Waals surface area contributed by atoms with Crippen LogP contribution in [0.25, 0.3) is 10.2 Å². The molecule has 1 fully saturated rings. The highest BCUT2D eigenvalue weighted by atomic mass is 32.1. The second-order valence-electron chi connectivity index (χ2n) is 7.69. The fourth-order valence-electron chi connectivity index (χ4n) is 3.86. The van der Waals surface area contributed by atoms with Gasteiger partial charge in [-0.2, -0.15) is 0 Å². The van der Waals surface area contributed by atoms with Crippen molar-refractivity contribution in [2.24, 2.45) is 0 Å². The van der Waals surface area contributed by atoms with Crippen molar-refractivity contribution < 1.29 is 14.5 Å². The number of amides is 1. The number of anilines is 1. The number of non-ortho nitro benzene ring substituents is 1. The van der Waals surface area contributed by atoms with Crippen LogP contribution < -0.4 is 4.90 Å². The molecule has 0 atom stereocenters. The molecule has 0 bridgehead atoms. The molecule has 0 unspecified atom stereocenters. The Kier molecular flexibility index (Phi) is 7.09. The average molecular weight is 455 g/mol. The fourth-order valence-corrected chi connectivity index (χ4v) is 4.90. The van der Waals surface area contributed by atoms with Crippen molar-refractivity contribution in [2.45, 2.75) is 19.8 Å². The fraction of sp³-hybridized carbons (Fsp3) is 0.391. The number of benzene rings is 2. The van der Waals surface area contributed by atoms with E-state index in [1.807, 2.05) is 12.1 Å². The zero-order chi connectivity index (χ0) is 22.5. The minimum atomic E-state index is -0.481. The molecule has 2 heterocycles. The normalized spacial score (nSPS) is 14.5. The van der Waals surface area contributed by atoms with Gasteiger partial charge in [-0.1, -0.05) is 36.5 Å². The summed E-state index contributed by atoms with van der Waals surface area (Å²) >= 11 is 1.48. The van der Waals surface area contributed by atoms with Crippen molar-refractivity contribution in [3.8, 4) is 0 Å². The van der Waals surface area contributed by atoms with Crippen LogP contribution in [0.2, 0.25) is 0 Å². The number of aromatic nitrogens is 1. The van der Waals surface area contributed by atoms with Crippen molar-refractivity contribution >= 4 is 38.3 Å². The molecule has 3 aromatic rings. The van der Waals surface area contributed by atoms with E-state index >= 15 is 0 Å². The first-order valence-electron chi connectivity index (χ1n) is 10.8. The molecule has 1 aliphatic rings. The summed E-state index contributed by atoms with van der Waals surface area (Å²) < 4.78 is 6.44. The number of aryl methyl sites for hydroxylation is 1. The maximum Gasteiger partial charge on any atom is 0.270 e. The molecule has 1 saturated heterocycles. The highest BCUT2D eigenvalue weighted by Gasteiger charge is 2.23. The molecule has 9 heteroatoms. The number of ether oxygens (including phenoxy) is 1. The maximum absolute atomic E-state index is 13.5. The highest BCUT2D eigenvalue weighted by Crippen LogP contribution is 2.32. The van der Waals surface area contributed by atoms with Gasteiger partial charge >= 0.3 is 0 Å². The van der Waals surface area contributed by atoms with E-state index in [2.05, 4.69) is 17.9 Å². The van der Waals surface area contributed by atoms with E-state index in [-0.39, 0.29) is 11.6 Å². The minimum Gasteiger partial charge on any atom is -0.379 e. The van der Waals surface area contributed by atoms with Gasteiger partial charge in [-0.25, -0.2) is 4.98 Å². The second-order valence-corrected chi connectivity index (χ2v) is 8.69. The molecule has 0 spiro atoms. The van der Waals surface area contributed by atoms with Crippen LogP contribution in [-0.2, 0) is 11.2 Å². The number of thiazole rings is 1. The second kappa shape index (κ2) is 10.2. The Hall–Kier alpha value is -2.88. The zero-order valence-corrected chi connectivity index (χ0v) is 18.8. The van der Waals surface area contributed by atoms with E-state index < -0.39 is 4.92 Å². The monoisotopic (exact) mass is 454 g/mol. The Labute approximate surface area is 190 Å². The number of rotatable bonds is 8. The van der Waals surface area contributed by atoms with Gasteiger partial charge in [-0.3, -0.25) is 24.7 Å². The quantitative estimate of drug-likeness (QED) is 0.376. The number of hydrogen-bond acceptors (Lipinski definition) is 7. The summed E-state index contributed by atoms with van der Waals surface area (Å²) in [6, 6.07) is 12.0. The van der Waals surface area contributed by atoms with Gasteiger partial charge in [0.1, 0.15) is 0 Å². The van der Waals surface area contributed by atoms with Gasteiger partial charge in [0, 0.05) is 43.9 Å². The summed E-state index contributed by atoms with van der Waals surface area (Å²) in [5.41, 5.74) is 2.25. The van der Waals surface area contributed by atoms with Crippen molar-refractivity contribution in [3.05, 3.63) is 63.7 Å². The van der Waals surface area contributed by atoms with Crippen molar-refractivity contribution in [1.82, 2.24) is 9.88 Å². The van der Waals surface area contributed by atoms with E-state index in [1.165, 1.54) is 23.5 Å². The van der Waals surface area contributed by atoms with Gasteiger partial charge in [-0.15, -0.1) is 0 Å². The molecule has 4 rings (SSSR count). The Morgan fingerprint density at radius 2 is 2.03 bits per heavy atom. The Morgan fingerprint density at radius 1 is 1.25 bits per heavy atom. The van der Waals surface area contributed by atoms with E-state index in [4.69, 9.17) is 9.72 Å². The highest BCUT2D eigenvalue weighted by molar-refractivity contribution is 7.22. The van der Waals surface area contributed by atoms with Gasteiger partial charge in [-0.05, 0) is 30.5 Å². The lowest BCUT2D eigenvalue weighted by Crippen LogP contribution is -2.39. The molecule has 0 N–H and O–H groups in total. The molecule has 168 valence electrons. The van der Waals surface area contributed by atoms with Gasteiger partial charge in [0.15, 0.2) is 5.13 Å². The van der Waals surface area contributed by atoms with E-state index in [0.29, 0.717) is 17.2 Å². The van der Waals surface area contributed by atoms with Gasteiger partial charge in [0.05, 0.1) is 28.4 Å². The molecule has 0 radical (unpaired) electrons. The third kappa shape index (κ3) is 4.95. The Morgan fingerprint density at radius 3 is 2.78 bits per heavy atom. The van der Waals surface area contributed by atoms with Crippen LogP contribution >= 0.6 is 11.3 Å². The SMILES string of the molecule is CCc1cccc2sc(N(CCCN3CCOCC3)C(=O)c3cccc([N+](=O)[O-])c3)nc12. The standard InChI is InChI=1S/C23H26N4O4S/c1-2-17-6-4-9-20-21(17)24-23(32-20)26(11-5-10-25-12-14-31-15-13-25)22(28)18-7-3-8-19(16-18)27(29)30/h3-4,6-9,16H,2,5,10-15H2,1H3. The predicted octanol–water partition coefficient (Wildman–Crippen LogP) is 4.14. The Bertz CT molecular complexity index is 1110. The molecule has 0 saturated carbocycles. The topological polar surface area (TPSA) is 88.8 Å². The number of nitro groups is 1. The van der Waals surface area contributed by atoms with Crippen LogP contribution in [0.3, 0.4) is 0 Å². The third-order valence-electron chi connectivity index (χ3n) is 5.61. The van der Waals surface area contributed by atoms with Crippen molar-refractivity contribution in [1.29, 1.82) is 0 Å². The van der Waals surface area contributed by atoms with Crippen LogP contribution in [0.5, 0.6) is 0 Å². The van der Waals surface area contributed by atoms with Gasteiger partial charge in [0.2, 0.25) is 0 Å². The van der Waals surface area contributed by atoms with Gasteiger partial charge in [0.25, 0.3) is 11.6 Å². The molecule has 0 aliphatic carbocycles. The zero-order valence-electron chi connectivity index (χ0n) is 18.0. The molecule has 1 aliphatic heterocycles. The van der Waals surface area contributed by atoms with Crippen molar-refractivity contribution in [3.63, 3.8) is 0 Å². The minimum absolute atomic E-state index is 0.0957. The lowest BCUT2D eigenvalue weighted by Gasteiger charge is -2.27. The van der Waals surface area contributed by atoms with Gasteiger partial charge < -0.3 is 4.74 Å². The number of carbonyl (C=O) groups excluding carboxylic acids is 1. The summed E-state index contributed by atoms with van der Waals surface area (Å²) in [7, 11) is 0. The average Bonchev–Trinajstić information content (AvgIpc) is 3.26. The van der Waals surface area contributed by atoms with E-state index in [0.717, 1.165) is 61.5 Å². The Balaban J connectivity index is 1.62. The molecular weight excluding hydrogens is 428 g/mol. The number of fused-ring (bicyclic) bond motifs is 1. The molecule has 1 amide bonds. The van der Waals surface area contributed by atoms with Crippen LogP contribution in [0, 0.1) is 10.1 Å².